The van der Waals surface area contributed by atoms with Gasteiger partial charge in [-0.15, -0.1) is 0 Å². The summed E-state index contributed by atoms with van der Waals surface area (Å²) in [5, 5.41) is 8.80. The van der Waals surface area contributed by atoms with Gasteiger partial charge < -0.3 is 20.7 Å². The third-order valence-electron chi connectivity index (χ3n) is 5.24. The number of nitrogens with zero attached hydrogens (tertiary/aromatic N) is 3. The van der Waals surface area contributed by atoms with Crippen molar-refractivity contribution >= 4 is 29.2 Å². The summed E-state index contributed by atoms with van der Waals surface area (Å²) in [7, 11) is 0. The highest BCUT2D eigenvalue weighted by molar-refractivity contribution is 5.99. The minimum Gasteiger partial charge on any atom is -0.454 e. The van der Waals surface area contributed by atoms with Crippen LogP contribution in [0.4, 0.5) is 36.4 Å². The zero-order valence-electron chi connectivity index (χ0n) is 16.8. The van der Waals surface area contributed by atoms with E-state index in [0.29, 0.717) is 30.3 Å². The lowest BCUT2D eigenvalue weighted by molar-refractivity contribution is -0.154. The molecule has 3 N–H and O–H groups in total. The van der Waals surface area contributed by atoms with Crippen LogP contribution in [0.1, 0.15) is 37.7 Å². The Balaban J connectivity index is 1.50. The van der Waals surface area contributed by atoms with Crippen molar-refractivity contribution in [2.45, 2.75) is 44.7 Å². The van der Waals surface area contributed by atoms with Gasteiger partial charge >= 0.3 is 12.2 Å². The normalized spacial score (nSPS) is 16.5. The molecule has 0 radical (unpaired) electrons. The van der Waals surface area contributed by atoms with Gasteiger partial charge in [-0.25, -0.2) is 0 Å². The molecule has 166 valence electrons. The Kier molecular flexibility index (Phi) is 6.10. The third kappa shape index (κ3) is 5.96. The largest absolute Gasteiger partial charge is 0.454 e. The van der Waals surface area contributed by atoms with Crippen molar-refractivity contribution in [2.24, 2.45) is 5.92 Å². The molecule has 11 heteroatoms. The molecule has 2 heterocycles. The van der Waals surface area contributed by atoms with Gasteiger partial charge in [0.1, 0.15) is 0 Å². The Labute approximate surface area is 177 Å². The molecule has 4 rings (SSSR count). The molecule has 2 aromatic rings. The second kappa shape index (κ2) is 8.94. The van der Waals surface area contributed by atoms with Gasteiger partial charge in [-0.3, -0.25) is 4.79 Å². The van der Waals surface area contributed by atoms with E-state index in [0.717, 1.165) is 18.4 Å². The summed E-state index contributed by atoms with van der Waals surface area (Å²) in [6.45, 7) is -0.865. The van der Waals surface area contributed by atoms with E-state index >= 15 is 0 Å². The van der Waals surface area contributed by atoms with Crippen LogP contribution in [-0.4, -0.2) is 40.2 Å². The molecule has 0 unspecified atom stereocenters. The highest BCUT2D eigenvalue weighted by Crippen LogP contribution is 2.28. The van der Waals surface area contributed by atoms with Gasteiger partial charge in [0.15, 0.2) is 6.61 Å². The maximum atomic E-state index is 12.6. The minimum atomic E-state index is -4.51. The molecule has 2 aliphatic rings. The molecular weight excluding hydrogens is 413 g/mol. The zero-order valence-corrected chi connectivity index (χ0v) is 16.8. The van der Waals surface area contributed by atoms with E-state index in [1.165, 1.54) is 19.3 Å². The third-order valence-corrected chi connectivity index (χ3v) is 5.24. The number of carbonyl (C=O) groups excluding carboxylic acids is 1. The Hall–Kier alpha value is -3.11. The van der Waals surface area contributed by atoms with Crippen molar-refractivity contribution in [2.75, 3.05) is 29.1 Å². The lowest BCUT2D eigenvalue weighted by Gasteiger charge is -2.21. The molecule has 0 bridgehead atoms. The molecule has 1 fully saturated rings. The van der Waals surface area contributed by atoms with Gasteiger partial charge in [-0.05, 0) is 36.5 Å². The van der Waals surface area contributed by atoms with Gasteiger partial charge in [0, 0.05) is 17.9 Å². The quantitative estimate of drug-likeness (QED) is 0.602. The number of carbonyl (C=O) groups is 1. The van der Waals surface area contributed by atoms with Crippen LogP contribution >= 0.6 is 0 Å². The van der Waals surface area contributed by atoms with E-state index in [-0.39, 0.29) is 17.8 Å². The van der Waals surface area contributed by atoms with Crippen LogP contribution in [0.2, 0.25) is 0 Å². The van der Waals surface area contributed by atoms with Gasteiger partial charge in [-0.2, -0.15) is 28.1 Å². The molecule has 1 aromatic carbocycles. The molecule has 0 saturated heterocycles. The number of fused-ring (bicyclic) bond motifs is 1. The van der Waals surface area contributed by atoms with E-state index in [9.17, 15) is 18.0 Å². The van der Waals surface area contributed by atoms with Crippen molar-refractivity contribution in [1.82, 2.24) is 15.0 Å². The summed E-state index contributed by atoms with van der Waals surface area (Å²) >= 11 is 0. The second-order valence-corrected chi connectivity index (χ2v) is 7.78. The zero-order chi connectivity index (χ0) is 21.8. The smallest absolute Gasteiger partial charge is 0.422 e. The summed E-state index contributed by atoms with van der Waals surface area (Å²) < 4.78 is 42.5. The first-order valence-corrected chi connectivity index (χ1v) is 10.2. The van der Waals surface area contributed by atoms with E-state index < -0.39 is 18.8 Å². The van der Waals surface area contributed by atoms with Crippen LogP contribution in [0.3, 0.4) is 0 Å². The fraction of sp³-hybridized carbons (Fsp3) is 0.500. The number of hydrogen-bond donors (Lipinski definition) is 3. The van der Waals surface area contributed by atoms with E-state index in [1.54, 1.807) is 18.2 Å². The number of ether oxygens (including phenoxy) is 1. The number of anilines is 4. The molecule has 1 aromatic heterocycles. The van der Waals surface area contributed by atoms with Crippen LogP contribution in [0.5, 0.6) is 6.01 Å². The molecular formula is C20H23F3N6O2. The Bertz CT molecular complexity index is 947. The average molecular weight is 436 g/mol. The van der Waals surface area contributed by atoms with Crippen LogP contribution in [0, 0.1) is 5.92 Å². The predicted octanol–water partition coefficient (Wildman–Crippen LogP) is 4.04. The molecule has 1 aliphatic carbocycles. The number of halogens is 3. The first-order chi connectivity index (χ1) is 14.8. The maximum Gasteiger partial charge on any atom is 0.422 e. The second-order valence-electron chi connectivity index (χ2n) is 7.78. The highest BCUT2D eigenvalue weighted by atomic mass is 19.4. The van der Waals surface area contributed by atoms with Gasteiger partial charge in [0.05, 0.1) is 6.42 Å². The van der Waals surface area contributed by atoms with Gasteiger partial charge in [0.2, 0.25) is 17.8 Å². The van der Waals surface area contributed by atoms with E-state index in [1.807, 2.05) is 0 Å². The number of nitrogens with one attached hydrogen (secondary N) is 3. The summed E-state index contributed by atoms with van der Waals surface area (Å²) in [6.07, 6.45) is 1.58. The number of benzene rings is 1. The number of alkyl halides is 3. The van der Waals surface area contributed by atoms with Crippen LogP contribution in [0.25, 0.3) is 0 Å². The monoisotopic (exact) mass is 436 g/mol. The van der Waals surface area contributed by atoms with Gasteiger partial charge in [-0.1, -0.05) is 25.3 Å². The summed E-state index contributed by atoms with van der Waals surface area (Å²) in [6, 6.07) is 4.83. The lowest BCUT2D eigenvalue weighted by atomic mass is 9.89. The number of amides is 1. The molecule has 0 spiro atoms. The summed E-state index contributed by atoms with van der Waals surface area (Å²) in [4.78, 5) is 23.7. The van der Waals surface area contributed by atoms with E-state index in [4.69, 9.17) is 4.74 Å². The molecule has 31 heavy (non-hydrogen) atoms. The minimum absolute atomic E-state index is 0.0441. The Morgan fingerprint density at radius 3 is 2.65 bits per heavy atom. The van der Waals surface area contributed by atoms with Crippen molar-refractivity contribution in [3.63, 3.8) is 0 Å². The first kappa shape index (κ1) is 21.1. The van der Waals surface area contributed by atoms with Crippen molar-refractivity contribution in [3.8, 4) is 6.01 Å². The number of hydrogen-bond acceptors (Lipinski definition) is 7. The SMILES string of the molecule is O=C1Cc2ccc(Nc3nc(NCC4CCCCC4)nc(OCC(F)(F)F)n3)cc2N1. The lowest BCUT2D eigenvalue weighted by Crippen LogP contribution is -2.22. The van der Waals surface area contributed by atoms with E-state index in [2.05, 4.69) is 30.9 Å². The maximum absolute atomic E-state index is 12.6. The number of aromatic nitrogens is 3. The van der Waals surface area contributed by atoms with Gasteiger partial charge in [0.25, 0.3) is 0 Å². The summed E-state index contributed by atoms with van der Waals surface area (Å²) in [5.41, 5.74) is 2.12. The highest BCUT2D eigenvalue weighted by Gasteiger charge is 2.29. The van der Waals surface area contributed by atoms with Crippen LogP contribution in [0.15, 0.2) is 18.2 Å². The molecule has 8 nitrogen and oxygen atoms in total. The average Bonchev–Trinajstić information content (AvgIpc) is 3.10. The fourth-order valence-corrected chi connectivity index (χ4v) is 3.75. The summed E-state index contributed by atoms with van der Waals surface area (Å²) in [5.74, 6) is 0.573. The Morgan fingerprint density at radius 1 is 1.10 bits per heavy atom. The molecule has 0 atom stereocenters. The molecule has 1 amide bonds. The predicted molar refractivity (Wildman–Crippen MR) is 109 cm³/mol. The first-order valence-electron chi connectivity index (χ1n) is 10.2. The molecule has 1 aliphatic heterocycles. The number of rotatable bonds is 7. The Morgan fingerprint density at radius 2 is 1.87 bits per heavy atom. The fourth-order valence-electron chi connectivity index (χ4n) is 3.75. The van der Waals surface area contributed by atoms with Crippen molar-refractivity contribution < 1.29 is 22.7 Å². The van der Waals surface area contributed by atoms with Crippen molar-refractivity contribution in [1.29, 1.82) is 0 Å². The standard InChI is InChI=1S/C20H23F3N6O2/c21-20(22,23)11-31-19-28-17(24-10-12-4-2-1-3-5-12)27-18(29-19)25-14-7-6-13-8-16(30)26-15(13)9-14/h6-7,9,12H,1-5,8,10-11H2,(H,26,30)(H2,24,25,27,28,29). The van der Waals surface area contributed by atoms with Crippen LogP contribution in [-0.2, 0) is 11.2 Å². The van der Waals surface area contributed by atoms with Crippen molar-refractivity contribution in [3.05, 3.63) is 23.8 Å². The topological polar surface area (TPSA) is 101 Å². The van der Waals surface area contributed by atoms with Crippen LogP contribution < -0.4 is 20.7 Å². The molecule has 1 saturated carbocycles.